The Bertz CT molecular complexity index is 587. The van der Waals surface area contributed by atoms with Crippen LogP contribution in [0.1, 0.15) is 26.3 Å². The molecule has 0 aromatic heterocycles. The molecule has 1 aromatic carbocycles. The van der Waals surface area contributed by atoms with Gasteiger partial charge in [-0.1, -0.05) is 0 Å². The van der Waals surface area contributed by atoms with Crippen molar-refractivity contribution in [1.29, 1.82) is 5.41 Å². The molecule has 0 unspecified atom stereocenters. The number of nitrogens with one attached hydrogen (secondary N) is 1. The molecule has 1 N–H and O–H groups in total. The SMILES string of the molecule is CCc1ccc(N(CC)C(C)=O)cc1N1C(=N)SC[C]1=[Co]. The van der Waals surface area contributed by atoms with E-state index in [2.05, 4.69) is 22.2 Å². The number of anilines is 2. The molecule has 6 heteroatoms. The zero-order valence-corrected chi connectivity index (χ0v) is 14.3. The molecular weight excluding hydrogens is 329 g/mol. The standard InChI is InChI=1S/C15H19N3OS.Co/c1-4-12-6-7-13(17(5-2)11(3)19)10-14(12)18-8-9-20-15(18)16;/h6-7,10,16H,4-5,9H2,1-3H3;. The van der Waals surface area contributed by atoms with E-state index in [0.717, 1.165) is 33.7 Å². The summed E-state index contributed by atoms with van der Waals surface area (Å²) >= 11 is 6.02. The van der Waals surface area contributed by atoms with Crippen LogP contribution in [0, 0.1) is 5.41 Å². The third-order valence-electron chi connectivity index (χ3n) is 3.46. The number of nitrogens with zero attached hydrogens (tertiary/aromatic N) is 2. The van der Waals surface area contributed by atoms with E-state index in [9.17, 15) is 4.79 Å². The van der Waals surface area contributed by atoms with Gasteiger partial charge in [-0.15, -0.1) is 0 Å². The molecule has 21 heavy (non-hydrogen) atoms. The van der Waals surface area contributed by atoms with E-state index in [0.29, 0.717) is 11.7 Å². The molecule has 1 aromatic rings. The van der Waals surface area contributed by atoms with E-state index < -0.39 is 0 Å². The zero-order chi connectivity index (χ0) is 15.6. The van der Waals surface area contributed by atoms with Crippen molar-refractivity contribution < 1.29 is 20.1 Å². The Morgan fingerprint density at radius 3 is 2.67 bits per heavy atom. The minimum atomic E-state index is 0.0215. The van der Waals surface area contributed by atoms with Gasteiger partial charge in [-0.3, -0.25) is 0 Å². The molecular formula is C15H19CoN3OS. The van der Waals surface area contributed by atoms with Crippen molar-refractivity contribution in [3.63, 3.8) is 0 Å². The van der Waals surface area contributed by atoms with E-state index >= 15 is 0 Å². The fourth-order valence-corrected chi connectivity index (χ4v) is 3.66. The van der Waals surface area contributed by atoms with Crippen molar-refractivity contribution in [1.82, 2.24) is 0 Å². The van der Waals surface area contributed by atoms with Crippen molar-refractivity contribution >= 4 is 38.8 Å². The fourth-order valence-electron chi connectivity index (χ4n) is 2.41. The maximum absolute atomic E-state index is 11.7. The average Bonchev–Trinajstić information content (AvgIpc) is 2.78. The van der Waals surface area contributed by atoms with E-state index in [4.69, 9.17) is 5.41 Å². The second kappa shape index (κ2) is 6.76. The first-order valence-electron chi connectivity index (χ1n) is 6.91. The Balaban J connectivity index is 2.50. The summed E-state index contributed by atoms with van der Waals surface area (Å²) in [5, 5.41) is 8.57. The molecule has 1 heterocycles. The van der Waals surface area contributed by atoms with Gasteiger partial charge in [0.2, 0.25) is 0 Å². The molecule has 1 aliphatic heterocycles. The summed E-state index contributed by atoms with van der Waals surface area (Å²) in [6.07, 6.45) is 0.872. The normalized spacial score (nSPS) is 14.8. The van der Waals surface area contributed by atoms with Crippen LogP contribution >= 0.6 is 11.8 Å². The van der Waals surface area contributed by atoms with E-state index in [1.165, 1.54) is 11.8 Å². The summed E-state index contributed by atoms with van der Waals surface area (Å²) in [5.74, 6) is 0.740. The Morgan fingerprint density at radius 1 is 1.48 bits per heavy atom. The van der Waals surface area contributed by atoms with Crippen LogP contribution in [0.2, 0.25) is 0 Å². The van der Waals surface area contributed by atoms with Crippen molar-refractivity contribution in [3.05, 3.63) is 23.8 Å². The van der Waals surface area contributed by atoms with Crippen LogP contribution in [0.3, 0.4) is 0 Å². The molecule has 0 atom stereocenters. The van der Waals surface area contributed by atoms with Gasteiger partial charge >= 0.3 is 137 Å². The molecule has 2 rings (SSSR count). The number of hydrogen-bond donors (Lipinski definition) is 1. The number of aryl methyl sites for hydroxylation is 1. The number of amides is 1. The predicted octanol–water partition coefficient (Wildman–Crippen LogP) is 2.79. The summed E-state index contributed by atoms with van der Waals surface area (Å²) in [4.78, 5) is 15.3. The quantitative estimate of drug-likeness (QED) is 0.910. The fraction of sp³-hybridized carbons (Fsp3) is 0.400. The number of carbonyl (C=O) groups excluding carboxylic acids is 1. The van der Waals surface area contributed by atoms with Gasteiger partial charge in [0, 0.05) is 0 Å². The number of thioether (sulfide) groups is 1. The number of carbonyl (C=O) groups is 1. The predicted molar refractivity (Wildman–Crippen MR) is 87.2 cm³/mol. The zero-order valence-electron chi connectivity index (χ0n) is 12.4. The van der Waals surface area contributed by atoms with Crippen molar-refractivity contribution in [2.24, 2.45) is 0 Å². The molecule has 4 nitrogen and oxygen atoms in total. The van der Waals surface area contributed by atoms with Crippen LogP contribution in [0.5, 0.6) is 0 Å². The van der Waals surface area contributed by atoms with Crippen molar-refractivity contribution in [3.8, 4) is 0 Å². The van der Waals surface area contributed by atoms with Gasteiger partial charge in [0.05, 0.1) is 0 Å². The van der Waals surface area contributed by atoms with Crippen LogP contribution < -0.4 is 9.80 Å². The number of amidine groups is 1. The molecule has 0 radical (unpaired) electrons. The monoisotopic (exact) mass is 348 g/mol. The van der Waals surface area contributed by atoms with Crippen LogP contribution in [-0.2, 0) is 26.5 Å². The number of hydrogen-bond acceptors (Lipinski definition) is 3. The Morgan fingerprint density at radius 2 is 2.19 bits per heavy atom. The number of rotatable bonds is 4. The minimum absolute atomic E-state index is 0.0215. The van der Waals surface area contributed by atoms with Gasteiger partial charge in [-0.2, -0.15) is 0 Å². The first kappa shape index (κ1) is 16.3. The molecule has 0 bridgehead atoms. The molecule has 0 saturated carbocycles. The van der Waals surface area contributed by atoms with Crippen LogP contribution in [0.4, 0.5) is 11.4 Å². The van der Waals surface area contributed by atoms with Crippen LogP contribution in [-0.4, -0.2) is 28.0 Å². The second-order valence-corrected chi connectivity index (χ2v) is 6.27. The number of benzene rings is 1. The van der Waals surface area contributed by atoms with Crippen molar-refractivity contribution in [2.45, 2.75) is 27.2 Å². The van der Waals surface area contributed by atoms with E-state index in [-0.39, 0.29) is 5.91 Å². The molecule has 0 aliphatic carbocycles. The van der Waals surface area contributed by atoms with Gasteiger partial charge in [0.1, 0.15) is 0 Å². The average molecular weight is 348 g/mol. The molecule has 1 aliphatic rings. The first-order chi connectivity index (χ1) is 9.99. The van der Waals surface area contributed by atoms with Crippen LogP contribution in [0.15, 0.2) is 18.2 Å². The molecule has 115 valence electrons. The van der Waals surface area contributed by atoms with Gasteiger partial charge in [-0.05, 0) is 0 Å². The molecule has 1 saturated heterocycles. The van der Waals surface area contributed by atoms with E-state index in [1.807, 2.05) is 30.0 Å². The van der Waals surface area contributed by atoms with Gasteiger partial charge in [0.25, 0.3) is 0 Å². The van der Waals surface area contributed by atoms with Gasteiger partial charge < -0.3 is 0 Å². The molecule has 1 fully saturated rings. The first-order valence-corrected chi connectivity index (χ1v) is 8.41. The summed E-state index contributed by atoms with van der Waals surface area (Å²) in [6, 6.07) is 5.99. The Labute approximate surface area is 137 Å². The summed E-state index contributed by atoms with van der Waals surface area (Å²) in [5.41, 5.74) is 2.96. The second-order valence-electron chi connectivity index (χ2n) is 4.71. The Hall–Kier alpha value is -1.11. The summed E-state index contributed by atoms with van der Waals surface area (Å²) < 4.78 is 0.857. The van der Waals surface area contributed by atoms with Crippen LogP contribution in [0.25, 0.3) is 0 Å². The Kier molecular flexibility index (Phi) is 5.24. The third kappa shape index (κ3) is 3.22. The topological polar surface area (TPSA) is 47.4 Å². The van der Waals surface area contributed by atoms with Gasteiger partial charge in [-0.25, -0.2) is 0 Å². The summed E-state index contributed by atoms with van der Waals surface area (Å²) in [7, 11) is 0. The maximum atomic E-state index is 11.7. The van der Waals surface area contributed by atoms with Crippen molar-refractivity contribution in [2.75, 3.05) is 22.1 Å². The molecule has 1 amide bonds. The van der Waals surface area contributed by atoms with E-state index in [1.54, 1.807) is 11.8 Å². The summed E-state index contributed by atoms with van der Waals surface area (Å²) in [6.45, 7) is 6.24. The van der Waals surface area contributed by atoms with Gasteiger partial charge in [0.15, 0.2) is 0 Å². The third-order valence-corrected chi connectivity index (χ3v) is 4.97. The molecule has 0 spiro atoms.